The lowest BCUT2D eigenvalue weighted by Gasteiger charge is -2.03. The largest absolute Gasteiger partial charge is 0.476 e. The van der Waals surface area contributed by atoms with E-state index in [1.807, 2.05) is 0 Å². The zero-order valence-corrected chi connectivity index (χ0v) is 10.9. The highest BCUT2D eigenvalue weighted by Gasteiger charge is 2.50. The topological polar surface area (TPSA) is 81.1 Å². The van der Waals surface area contributed by atoms with Crippen molar-refractivity contribution in [3.63, 3.8) is 0 Å². The molecule has 4 rings (SSSR count). The minimum absolute atomic E-state index is 0. The Morgan fingerprint density at radius 1 is 1.57 bits per heavy atom. The van der Waals surface area contributed by atoms with Crippen LogP contribution in [0.25, 0.3) is 5.82 Å². The van der Waals surface area contributed by atoms with Gasteiger partial charge in [-0.3, -0.25) is 4.84 Å². The summed E-state index contributed by atoms with van der Waals surface area (Å²) in [5, 5.41) is 13.5. The van der Waals surface area contributed by atoms with Gasteiger partial charge >= 0.3 is 5.97 Å². The first kappa shape index (κ1) is 13.5. The minimum Gasteiger partial charge on any atom is -0.476 e. The summed E-state index contributed by atoms with van der Waals surface area (Å²) in [6.45, 7) is 0. The number of carboxylic acid groups (broad SMARTS) is 1. The van der Waals surface area contributed by atoms with Gasteiger partial charge in [-0.15, -0.1) is 0 Å². The summed E-state index contributed by atoms with van der Waals surface area (Å²) in [5.41, 5.74) is 2.03. The maximum absolute atomic E-state index is 11.3. The Hall–Kier alpha value is -2.44. The zero-order valence-electron chi connectivity index (χ0n) is 10.9. The molecule has 21 heavy (non-hydrogen) atoms. The molecule has 1 saturated carbocycles. The number of rotatable bonds is 3. The van der Waals surface area contributed by atoms with E-state index in [0.29, 0.717) is 17.7 Å². The van der Waals surface area contributed by atoms with E-state index in [1.54, 1.807) is 30.4 Å². The predicted molar refractivity (Wildman–Crippen MR) is 72.3 cm³/mol. The lowest BCUT2D eigenvalue weighted by Crippen LogP contribution is -2.40. The van der Waals surface area contributed by atoms with E-state index in [9.17, 15) is 9.90 Å². The number of aromatic carboxylic acids is 1. The number of carboxylic acids is 1. The fourth-order valence-corrected chi connectivity index (χ4v) is 3.05. The average Bonchev–Trinajstić information content (AvgIpc) is 2.95. The molecule has 2 unspecified atom stereocenters. The van der Waals surface area contributed by atoms with Crippen LogP contribution in [0.1, 0.15) is 41.5 Å². The molecule has 0 amide bonds. The SMILES string of the molecule is C.CO[n+]1ccnc(-n2nc(C(=O)O)c3c2C2CC2C3)c1. The molecular weight excluding hydrogens is 272 g/mol. The predicted octanol–water partition coefficient (Wildman–Crippen LogP) is 0.607. The van der Waals surface area contributed by atoms with Crippen LogP contribution in [0.3, 0.4) is 0 Å². The quantitative estimate of drug-likeness (QED) is 0.837. The van der Waals surface area contributed by atoms with Crippen molar-refractivity contribution in [1.29, 1.82) is 0 Å². The first-order valence-electron chi connectivity index (χ1n) is 6.46. The lowest BCUT2D eigenvalue weighted by molar-refractivity contribution is -0.885. The van der Waals surface area contributed by atoms with Gasteiger partial charge < -0.3 is 5.11 Å². The summed E-state index contributed by atoms with van der Waals surface area (Å²) in [7, 11) is 1.55. The number of carbonyl (C=O) groups is 1. The van der Waals surface area contributed by atoms with Crippen LogP contribution in [0.5, 0.6) is 0 Å². The van der Waals surface area contributed by atoms with Gasteiger partial charge in [-0.1, -0.05) is 7.43 Å². The van der Waals surface area contributed by atoms with Crippen LogP contribution in [0.15, 0.2) is 18.6 Å². The van der Waals surface area contributed by atoms with Crippen molar-refractivity contribution in [3.8, 4) is 5.82 Å². The Bertz CT molecular complexity index is 725. The van der Waals surface area contributed by atoms with Crippen LogP contribution in [-0.2, 0) is 6.42 Å². The highest BCUT2D eigenvalue weighted by atomic mass is 16.6. The Morgan fingerprint density at radius 3 is 3.10 bits per heavy atom. The Morgan fingerprint density at radius 2 is 2.38 bits per heavy atom. The van der Waals surface area contributed by atoms with E-state index in [1.165, 1.54) is 4.73 Å². The van der Waals surface area contributed by atoms with Gasteiger partial charge in [0.15, 0.2) is 5.69 Å². The molecule has 0 saturated heterocycles. The molecule has 0 spiro atoms. The first-order valence-corrected chi connectivity index (χ1v) is 6.46. The number of hydrogen-bond acceptors (Lipinski definition) is 4. The van der Waals surface area contributed by atoms with E-state index in [-0.39, 0.29) is 13.1 Å². The third-order valence-electron chi connectivity index (χ3n) is 4.06. The molecule has 0 radical (unpaired) electrons. The smallest absolute Gasteiger partial charge is 0.356 e. The average molecular weight is 289 g/mol. The number of hydrogen-bond donors (Lipinski definition) is 1. The molecule has 2 aliphatic rings. The second-order valence-electron chi connectivity index (χ2n) is 5.19. The van der Waals surface area contributed by atoms with Crippen molar-refractivity contribution in [1.82, 2.24) is 14.8 Å². The van der Waals surface area contributed by atoms with Crippen LogP contribution in [0.4, 0.5) is 0 Å². The number of nitrogens with zero attached hydrogens (tertiary/aromatic N) is 4. The third-order valence-corrected chi connectivity index (χ3v) is 4.06. The number of fused-ring (bicyclic) bond motifs is 3. The van der Waals surface area contributed by atoms with E-state index in [4.69, 9.17) is 4.84 Å². The van der Waals surface area contributed by atoms with Gasteiger partial charge in [-0.25, -0.2) is 14.5 Å². The molecule has 7 heteroatoms. The highest BCUT2D eigenvalue weighted by molar-refractivity contribution is 5.88. The van der Waals surface area contributed by atoms with Crippen LogP contribution < -0.4 is 9.57 Å². The van der Waals surface area contributed by atoms with Gasteiger partial charge in [0.25, 0.3) is 6.20 Å². The van der Waals surface area contributed by atoms with Gasteiger partial charge in [0.1, 0.15) is 7.11 Å². The summed E-state index contributed by atoms with van der Waals surface area (Å²) in [4.78, 5) is 20.7. The van der Waals surface area contributed by atoms with E-state index in [0.717, 1.165) is 24.1 Å². The molecule has 0 aromatic carbocycles. The summed E-state index contributed by atoms with van der Waals surface area (Å²) in [6.07, 6.45) is 6.90. The zero-order chi connectivity index (χ0) is 13.9. The fourth-order valence-electron chi connectivity index (χ4n) is 3.05. The van der Waals surface area contributed by atoms with Crippen LogP contribution in [0.2, 0.25) is 0 Å². The Balaban J connectivity index is 0.00000132. The van der Waals surface area contributed by atoms with Crippen LogP contribution in [0, 0.1) is 5.92 Å². The van der Waals surface area contributed by atoms with Crippen molar-refractivity contribution < 1.29 is 19.5 Å². The normalized spacial score (nSPS) is 21.2. The van der Waals surface area contributed by atoms with Crippen LogP contribution >= 0.6 is 0 Å². The van der Waals surface area contributed by atoms with Crippen molar-refractivity contribution in [2.24, 2.45) is 5.92 Å². The molecule has 7 nitrogen and oxygen atoms in total. The molecule has 1 N–H and O–H groups in total. The summed E-state index contributed by atoms with van der Waals surface area (Å²) >= 11 is 0. The molecule has 2 atom stereocenters. The summed E-state index contributed by atoms with van der Waals surface area (Å²) in [6, 6.07) is 0. The molecule has 2 aromatic rings. The van der Waals surface area contributed by atoms with Gasteiger partial charge in [0, 0.05) is 16.2 Å². The number of aromatic nitrogens is 4. The summed E-state index contributed by atoms with van der Waals surface area (Å²) in [5.74, 6) is 0.622. The second kappa shape index (κ2) is 4.54. The van der Waals surface area contributed by atoms with Crippen molar-refractivity contribution in [2.75, 3.05) is 7.11 Å². The standard InChI is InChI=1S/C13H12N4O3.CH4/c1-20-16-3-2-14-10(6-16)17-12-8-4-7(8)5-9(12)11(15-17)13(18)19;/h2-3,6-8H,4-5H2,1H3;1H4/p+1. The molecule has 2 aliphatic carbocycles. The summed E-state index contributed by atoms with van der Waals surface area (Å²) < 4.78 is 3.17. The minimum atomic E-state index is -0.975. The molecule has 0 bridgehead atoms. The maximum Gasteiger partial charge on any atom is 0.356 e. The molecular formula is C14H17N4O3+. The first-order chi connectivity index (χ1) is 9.69. The van der Waals surface area contributed by atoms with Gasteiger partial charge in [-0.2, -0.15) is 5.10 Å². The van der Waals surface area contributed by atoms with Crippen molar-refractivity contribution in [3.05, 3.63) is 35.5 Å². The van der Waals surface area contributed by atoms with Crippen molar-refractivity contribution >= 4 is 5.97 Å². The van der Waals surface area contributed by atoms with Crippen molar-refractivity contribution in [2.45, 2.75) is 26.2 Å². The highest BCUT2D eigenvalue weighted by Crippen LogP contribution is 2.57. The molecule has 2 heterocycles. The molecule has 110 valence electrons. The van der Waals surface area contributed by atoms with E-state index in [2.05, 4.69) is 10.1 Å². The van der Waals surface area contributed by atoms with E-state index >= 15 is 0 Å². The monoisotopic (exact) mass is 289 g/mol. The van der Waals surface area contributed by atoms with E-state index < -0.39 is 5.97 Å². The Kier molecular flexibility index (Phi) is 2.93. The molecule has 2 aromatic heterocycles. The Labute approximate surface area is 121 Å². The molecule has 0 aliphatic heterocycles. The van der Waals surface area contributed by atoms with Crippen LogP contribution in [-0.4, -0.2) is 33.0 Å². The van der Waals surface area contributed by atoms with Gasteiger partial charge in [0.2, 0.25) is 12.0 Å². The third kappa shape index (κ3) is 1.88. The van der Waals surface area contributed by atoms with Gasteiger partial charge in [0.05, 0.1) is 11.9 Å². The maximum atomic E-state index is 11.3. The van der Waals surface area contributed by atoms with Gasteiger partial charge in [-0.05, 0) is 18.8 Å². The molecule has 1 fully saturated rings. The lowest BCUT2D eigenvalue weighted by atomic mass is 10.1. The second-order valence-corrected chi connectivity index (χ2v) is 5.19. The fraction of sp³-hybridized carbons (Fsp3) is 0.429.